The fourth-order valence-electron chi connectivity index (χ4n) is 7.79. The Hall–Kier alpha value is -3.20. The van der Waals surface area contributed by atoms with E-state index in [1.807, 2.05) is 52.8 Å². The van der Waals surface area contributed by atoms with Crippen LogP contribution in [0.4, 0.5) is 5.69 Å². The zero-order chi connectivity index (χ0) is 35.3. The van der Waals surface area contributed by atoms with Gasteiger partial charge < -0.3 is 20.4 Å². The number of rotatable bonds is 10. The highest BCUT2D eigenvalue weighted by Crippen LogP contribution is 2.30. The monoisotopic (exact) mass is 663 g/mol. The number of benzene rings is 1. The minimum atomic E-state index is -0.730. The molecule has 1 aromatic carbocycles. The van der Waals surface area contributed by atoms with Crippen LogP contribution in [0.1, 0.15) is 111 Å². The minimum Gasteiger partial charge on any atom is -0.342 e. The molecule has 2 aliphatic heterocycles. The van der Waals surface area contributed by atoms with E-state index < -0.39 is 17.5 Å². The van der Waals surface area contributed by atoms with Crippen LogP contribution in [0, 0.1) is 11.3 Å². The Balaban J connectivity index is 1.49. The number of aryl methyl sites for hydroxylation is 1. The molecule has 3 aliphatic rings. The molecule has 1 unspecified atom stereocenters. The van der Waals surface area contributed by atoms with Crippen LogP contribution in [0.5, 0.6) is 0 Å². The molecule has 0 bridgehead atoms. The lowest BCUT2D eigenvalue weighted by atomic mass is 9.84. The smallest absolute Gasteiger partial charge is 0.249 e. The Morgan fingerprint density at radius 2 is 1.58 bits per heavy atom. The molecular weight excluding hydrogens is 602 g/mol. The lowest BCUT2D eigenvalue weighted by molar-refractivity contribution is -0.142. The van der Waals surface area contributed by atoms with E-state index >= 15 is 0 Å². The molecule has 0 saturated carbocycles. The molecule has 266 valence electrons. The van der Waals surface area contributed by atoms with Gasteiger partial charge in [0.05, 0.1) is 12.1 Å². The molecule has 4 amide bonds. The molecule has 4 rings (SSSR count). The summed E-state index contributed by atoms with van der Waals surface area (Å²) in [6.07, 6.45) is 10.4. The van der Waals surface area contributed by atoms with Gasteiger partial charge in [-0.2, -0.15) is 0 Å². The van der Waals surface area contributed by atoms with Crippen molar-refractivity contribution in [3.05, 3.63) is 41.0 Å². The third-order valence-electron chi connectivity index (χ3n) is 10.6. The van der Waals surface area contributed by atoms with E-state index in [0.717, 1.165) is 57.2 Å². The zero-order valence-corrected chi connectivity index (χ0v) is 31.0. The maximum Gasteiger partial charge on any atom is 0.249 e. The number of piperidine rings is 1. The van der Waals surface area contributed by atoms with Gasteiger partial charge in [0, 0.05) is 30.9 Å². The van der Waals surface area contributed by atoms with E-state index in [2.05, 4.69) is 35.4 Å². The van der Waals surface area contributed by atoms with Crippen LogP contribution in [0.2, 0.25) is 0 Å². The number of nitrogens with zero attached hydrogens (tertiary/aromatic N) is 3. The summed E-state index contributed by atoms with van der Waals surface area (Å²) in [7, 11) is 1.76. The second kappa shape index (κ2) is 16.0. The summed E-state index contributed by atoms with van der Waals surface area (Å²) in [6.45, 7) is 17.4. The Morgan fingerprint density at radius 3 is 2.25 bits per heavy atom. The Morgan fingerprint density at radius 1 is 0.896 bits per heavy atom. The standard InChI is InChI=1S/C39H61N5O4/c1-25(2)33(42(9)38(48)34(39(6,7)8)41-36(46)31-20-12-13-22-43(31)26(3)4)24-27(5)37(47)44-23-15-21-32(44)35(45)40-30-19-14-17-28-16-10-11-18-29(28)30/h14,17,19,24-26,31-34H,10-13,15-16,18,20-23H2,1-9H3,(H,40,45)(H,41,46)/t31?,32-,33+,34+/m0/s1. The summed E-state index contributed by atoms with van der Waals surface area (Å²) in [6, 6.07) is 4.46. The van der Waals surface area contributed by atoms with Crippen molar-refractivity contribution in [3.8, 4) is 0 Å². The summed E-state index contributed by atoms with van der Waals surface area (Å²) in [5.41, 5.74) is 3.37. The summed E-state index contributed by atoms with van der Waals surface area (Å²) in [5.74, 6) is -0.584. The van der Waals surface area contributed by atoms with Crippen molar-refractivity contribution in [1.82, 2.24) is 20.0 Å². The first kappa shape index (κ1) is 37.6. The molecule has 1 aliphatic carbocycles. The molecule has 0 radical (unpaired) electrons. The predicted molar refractivity (Wildman–Crippen MR) is 192 cm³/mol. The number of hydrogen-bond acceptors (Lipinski definition) is 5. The van der Waals surface area contributed by atoms with Crippen LogP contribution >= 0.6 is 0 Å². The third kappa shape index (κ3) is 8.68. The first-order valence-corrected chi connectivity index (χ1v) is 18.4. The topological polar surface area (TPSA) is 102 Å². The van der Waals surface area contributed by atoms with Crippen molar-refractivity contribution in [3.63, 3.8) is 0 Å². The highest BCUT2D eigenvalue weighted by Gasteiger charge is 2.40. The van der Waals surface area contributed by atoms with Crippen molar-refractivity contribution in [2.45, 2.75) is 143 Å². The number of anilines is 1. The summed E-state index contributed by atoms with van der Waals surface area (Å²) in [4.78, 5) is 61.0. The normalized spacial score (nSPS) is 21.9. The number of amides is 4. The summed E-state index contributed by atoms with van der Waals surface area (Å²) in [5, 5.41) is 6.31. The number of hydrogen-bond donors (Lipinski definition) is 2. The van der Waals surface area contributed by atoms with E-state index in [-0.39, 0.29) is 47.7 Å². The molecule has 9 heteroatoms. The highest BCUT2D eigenvalue weighted by atomic mass is 16.2. The Kier molecular flexibility index (Phi) is 12.5. The number of carbonyl (C=O) groups is 4. The highest BCUT2D eigenvalue weighted by molar-refractivity contribution is 6.01. The molecule has 4 atom stereocenters. The van der Waals surface area contributed by atoms with E-state index in [1.165, 1.54) is 17.5 Å². The van der Waals surface area contributed by atoms with Crippen molar-refractivity contribution >= 4 is 29.3 Å². The van der Waals surface area contributed by atoms with Gasteiger partial charge in [0.1, 0.15) is 12.1 Å². The van der Waals surface area contributed by atoms with E-state index in [4.69, 9.17) is 0 Å². The fraction of sp³-hybridized carbons (Fsp3) is 0.692. The van der Waals surface area contributed by atoms with Crippen LogP contribution < -0.4 is 10.6 Å². The van der Waals surface area contributed by atoms with Crippen molar-refractivity contribution in [1.29, 1.82) is 0 Å². The molecule has 2 N–H and O–H groups in total. The van der Waals surface area contributed by atoms with Crippen LogP contribution in [0.25, 0.3) is 0 Å². The molecule has 48 heavy (non-hydrogen) atoms. The average molecular weight is 664 g/mol. The fourth-order valence-corrected chi connectivity index (χ4v) is 7.79. The van der Waals surface area contributed by atoms with Crippen LogP contribution in [0.3, 0.4) is 0 Å². The average Bonchev–Trinajstić information content (AvgIpc) is 3.54. The van der Waals surface area contributed by atoms with Gasteiger partial charge in [0.2, 0.25) is 23.6 Å². The van der Waals surface area contributed by atoms with Gasteiger partial charge in [-0.15, -0.1) is 0 Å². The van der Waals surface area contributed by atoms with Gasteiger partial charge in [0.25, 0.3) is 0 Å². The molecular formula is C39H61N5O4. The molecule has 0 aromatic heterocycles. The number of likely N-dealkylation sites (tertiary alicyclic amines) is 2. The maximum atomic E-state index is 14.2. The van der Waals surface area contributed by atoms with E-state index in [1.54, 1.807) is 23.8 Å². The Labute approximate surface area is 289 Å². The SMILES string of the molecule is CC(=C[C@H](C(C)C)N(C)C(=O)[C@@H](NC(=O)C1CCCCN1C(C)C)C(C)(C)C)C(=O)N1CCC[C@H]1C(=O)Nc1cccc2c1CCCC2. The van der Waals surface area contributed by atoms with Crippen LogP contribution in [-0.2, 0) is 32.0 Å². The first-order chi connectivity index (χ1) is 22.6. The summed E-state index contributed by atoms with van der Waals surface area (Å²) >= 11 is 0. The van der Waals surface area contributed by atoms with Gasteiger partial charge in [-0.05, 0) is 107 Å². The van der Waals surface area contributed by atoms with E-state index in [9.17, 15) is 19.2 Å². The van der Waals surface area contributed by atoms with Gasteiger partial charge >= 0.3 is 0 Å². The van der Waals surface area contributed by atoms with Gasteiger partial charge in [-0.25, -0.2) is 0 Å². The van der Waals surface area contributed by atoms with Crippen LogP contribution in [0.15, 0.2) is 29.8 Å². The summed E-state index contributed by atoms with van der Waals surface area (Å²) < 4.78 is 0. The van der Waals surface area contributed by atoms with Crippen molar-refractivity contribution in [2.24, 2.45) is 11.3 Å². The van der Waals surface area contributed by atoms with Gasteiger partial charge in [-0.1, -0.05) is 59.2 Å². The van der Waals surface area contributed by atoms with Gasteiger partial charge in [0.15, 0.2) is 0 Å². The second-order valence-corrected chi connectivity index (χ2v) is 16.0. The third-order valence-corrected chi connectivity index (χ3v) is 10.6. The largest absolute Gasteiger partial charge is 0.342 e. The molecule has 9 nitrogen and oxygen atoms in total. The quantitative estimate of drug-likeness (QED) is 0.312. The number of nitrogens with one attached hydrogen (secondary N) is 2. The predicted octanol–water partition coefficient (Wildman–Crippen LogP) is 5.72. The van der Waals surface area contributed by atoms with Crippen molar-refractivity contribution < 1.29 is 19.2 Å². The number of carbonyl (C=O) groups excluding carboxylic acids is 4. The molecule has 0 spiro atoms. The van der Waals surface area contributed by atoms with Crippen LogP contribution in [-0.4, -0.2) is 88.7 Å². The zero-order valence-electron chi connectivity index (χ0n) is 31.0. The molecule has 2 saturated heterocycles. The molecule has 2 fully saturated rings. The second-order valence-electron chi connectivity index (χ2n) is 16.0. The lowest BCUT2D eigenvalue weighted by Gasteiger charge is -2.41. The molecule has 1 aromatic rings. The number of fused-ring (bicyclic) bond motifs is 1. The molecule has 2 heterocycles. The number of likely N-dealkylation sites (N-methyl/N-ethyl adjacent to an activating group) is 1. The van der Waals surface area contributed by atoms with E-state index in [0.29, 0.717) is 18.5 Å². The minimum absolute atomic E-state index is 0.00901. The first-order valence-electron chi connectivity index (χ1n) is 18.4. The van der Waals surface area contributed by atoms with Gasteiger partial charge in [-0.3, -0.25) is 24.1 Å². The lowest BCUT2D eigenvalue weighted by Crippen LogP contribution is -2.60. The maximum absolute atomic E-state index is 14.2. The van der Waals surface area contributed by atoms with Crippen molar-refractivity contribution in [2.75, 3.05) is 25.5 Å². The Bertz CT molecular complexity index is 1360.